The van der Waals surface area contributed by atoms with Crippen LogP contribution in [0.4, 0.5) is 0 Å². The number of rotatable bonds is 5. The Balaban J connectivity index is 3.85. The van der Waals surface area contributed by atoms with Crippen molar-refractivity contribution in [2.24, 2.45) is 0 Å². The number of carbonyl (C=O) groups is 1. The summed E-state index contributed by atoms with van der Waals surface area (Å²) in [5, 5.41) is 0. The molecule has 0 aromatic heterocycles. The molecule has 0 heterocycles. The van der Waals surface area contributed by atoms with Gasteiger partial charge in [0.2, 0.25) is 0 Å². The second-order valence-electron chi connectivity index (χ2n) is 3.44. The summed E-state index contributed by atoms with van der Waals surface area (Å²) in [6.07, 6.45) is 7.40. The van der Waals surface area contributed by atoms with E-state index in [1.165, 1.54) is 5.57 Å². The average Bonchev–Trinajstić information content (AvgIpc) is 2.04. The van der Waals surface area contributed by atoms with Crippen LogP contribution in [0.2, 0.25) is 0 Å². The van der Waals surface area contributed by atoms with Crippen LogP contribution in [0, 0.1) is 0 Å². The van der Waals surface area contributed by atoms with Gasteiger partial charge in [-0.15, -0.1) is 0 Å². The minimum atomic E-state index is 0.178. The van der Waals surface area contributed by atoms with Crippen molar-refractivity contribution in [3.63, 3.8) is 0 Å². The highest BCUT2D eigenvalue weighted by atomic mass is 16.1. The van der Waals surface area contributed by atoms with Crippen molar-refractivity contribution in [3.05, 3.63) is 23.3 Å². The van der Waals surface area contributed by atoms with E-state index >= 15 is 0 Å². The maximum atomic E-state index is 10.9. The molecule has 1 heteroatoms. The Morgan fingerprint density at radius 3 is 2.23 bits per heavy atom. The molecule has 74 valence electrons. The van der Waals surface area contributed by atoms with Crippen LogP contribution in [-0.2, 0) is 4.79 Å². The van der Waals surface area contributed by atoms with Crippen LogP contribution in [0.3, 0.4) is 0 Å². The molecule has 0 bridgehead atoms. The van der Waals surface area contributed by atoms with E-state index in [1.807, 2.05) is 13.0 Å². The third-order valence-corrected chi connectivity index (χ3v) is 2.10. The predicted octanol–water partition coefficient (Wildman–Crippen LogP) is 3.66. The molecule has 0 aliphatic heterocycles. The van der Waals surface area contributed by atoms with Gasteiger partial charge in [0.1, 0.15) is 0 Å². The van der Waals surface area contributed by atoms with Crippen LogP contribution in [0.5, 0.6) is 0 Å². The summed E-state index contributed by atoms with van der Waals surface area (Å²) in [5.74, 6) is 0.178. The van der Waals surface area contributed by atoms with Gasteiger partial charge in [-0.1, -0.05) is 24.6 Å². The van der Waals surface area contributed by atoms with Gasteiger partial charge in [-0.3, -0.25) is 4.79 Å². The van der Waals surface area contributed by atoms with Gasteiger partial charge in [-0.05, 0) is 45.6 Å². The number of hydrogen-bond acceptors (Lipinski definition) is 1. The van der Waals surface area contributed by atoms with Gasteiger partial charge in [-0.25, -0.2) is 0 Å². The minimum Gasteiger partial charge on any atom is -0.295 e. The van der Waals surface area contributed by atoms with E-state index in [4.69, 9.17) is 0 Å². The topological polar surface area (TPSA) is 17.1 Å². The van der Waals surface area contributed by atoms with Crippen molar-refractivity contribution in [1.82, 2.24) is 0 Å². The van der Waals surface area contributed by atoms with Gasteiger partial charge in [-0.2, -0.15) is 0 Å². The normalized spacial score (nSPS) is 13.2. The summed E-state index contributed by atoms with van der Waals surface area (Å²) >= 11 is 0. The maximum absolute atomic E-state index is 10.9. The first-order valence-corrected chi connectivity index (χ1v) is 4.91. The minimum absolute atomic E-state index is 0.178. The van der Waals surface area contributed by atoms with Crippen molar-refractivity contribution in [2.75, 3.05) is 0 Å². The van der Waals surface area contributed by atoms with Gasteiger partial charge in [0.25, 0.3) is 0 Å². The Kier molecular flexibility index (Phi) is 6.21. The molecule has 0 spiro atoms. The van der Waals surface area contributed by atoms with Crippen LogP contribution in [0.25, 0.3) is 0 Å². The van der Waals surface area contributed by atoms with E-state index in [-0.39, 0.29) is 5.78 Å². The molecule has 13 heavy (non-hydrogen) atoms. The van der Waals surface area contributed by atoms with E-state index in [1.54, 1.807) is 6.92 Å². The first kappa shape index (κ1) is 12.2. The highest BCUT2D eigenvalue weighted by molar-refractivity contribution is 5.92. The molecule has 0 radical (unpaired) electrons. The second-order valence-corrected chi connectivity index (χ2v) is 3.44. The number of carbonyl (C=O) groups excluding carboxylic acids is 1. The highest BCUT2D eigenvalue weighted by Gasteiger charge is 1.94. The lowest BCUT2D eigenvalue weighted by atomic mass is 10.1. The average molecular weight is 180 g/mol. The zero-order valence-electron chi connectivity index (χ0n) is 9.18. The fraction of sp³-hybridized carbons (Fsp3) is 0.583. The van der Waals surface area contributed by atoms with Crippen LogP contribution in [0.15, 0.2) is 23.3 Å². The lowest BCUT2D eigenvalue weighted by Gasteiger charge is -1.98. The zero-order valence-corrected chi connectivity index (χ0v) is 9.18. The van der Waals surface area contributed by atoms with Crippen molar-refractivity contribution >= 4 is 5.78 Å². The molecule has 0 saturated heterocycles. The molecule has 0 fully saturated rings. The lowest BCUT2D eigenvalue weighted by molar-refractivity contribution is -0.113. The van der Waals surface area contributed by atoms with Crippen molar-refractivity contribution in [3.8, 4) is 0 Å². The molecule has 0 unspecified atom stereocenters. The molecular formula is C12H20O. The van der Waals surface area contributed by atoms with Gasteiger partial charge in [0.15, 0.2) is 5.78 Å². The first-order valence-electron chi connectivity index (χ1n) is 4.91. The van der Waals surface area contributed by atoms with Crippen LogP contribution in [-0.4, -0.2) is 5.78 Å². The number of allylic oxidation sites excluding steroid dienone is 4. The van der Waals surface area contributed by atoms with Crippen molar-refractivity contribution < 1.29 is 4.79 Å². The van der Waals surface area contributed by atoms with E-state index in [0.29, 0.717) is 0 Å². The molecule has 0 aromatic rings. The number of Topliss-reactive ketones (excluding diaryl/α,β-unsaturated/α-hetero) is 1. The molecule has 0 N–H and O–H groups in total. The molecule has 0 aromatic carbocycles. The zero-order chi connectivity index (χ0) is 10.3. The molecule has 0 amide bonds. The van der Waals surface area contributed by atoms with Crippen LogP contribution >= 0.6 is 0 Å². The Bertz CT molecular complexity index is 221. The Hall–Kier alpha value is -0.850. The van der Waals surface area contributed by atoms with E-state index in [9.17, 15) is 4.79 Å². The Labute approximate surface area is 81.5 Å². The summed E-state index contributed by atoms with van der Waals surface area (Å²) in [6.45, 7) is 7.77. The molecule has 0 atom stereocenters. The third kappa shape index (κ3) is 6.32. The van der Waals surface area contributed by atoms with Crippen LogP contribution in [0.1, 0.15) is 47.0 Å². The standard InChI is InChI=1S/C12H20O/c1-5-7-10(2)8-6-9-11(3)12(4)13/h7,9H,5-6,8H2,1-4H3/b10-7+,11-9+. The molecule has 0 aliphatic rings. The van der Waals surface area contributed by atoms with Crippen LogP contribution < -0.4 is 0 Å². The monoisotopic (exact) mass is 180 g/mol. The molecule has 0 rings (SSSR count). The quantitative estimate of drug-likeness (QED) is 0.466. The summed E-state index contributed by atoms with van der Waals surface area (Å²) in [6, 6.07) is 0. The summed E-state index contributed by atoms with van der Waals surface area (Å²) < 4.78 is 0. The predicted molar refractivity (Wildman–Crippen MR) is 57.7 cm³/mol. The van der Waals surface area contributed by atoms with E-state index in [0.717, 1.165) is 24.8 Å². The fourth-order valence-corrected chi connectivity index (χ4v) is 1.11. The highest BCUT2D eigenvalue weighted by Crippen LogP contribution is 2.07. The molecule has 0 aliphatic carbocycles. The lowest BCUT2D eigenvalue weighted by Crippen LogP contribution is -1.90. The summed E-state index contributed by atoms with van der Waals surface area (Å²) in [5.41, 5.74) is 2.29. The molecule has 1 nitrogen and oxygen atoms in total. The smallest absolute Gasteiger partial charge is 0.155 e. The molecular weight excluding hydrogens is 160 g/mol. The Morgan fingerprint density at radius 2 is 1.77 bits per heavy atom. The van der Waals surface area contributed by atoms with Gasteiger partial charge in [0.05, 0.1) is 0 Å². The maximum Gasteiger partial charge on any atom is 0.155 e. The van der Waals surface area contributed by atoms with E-state index < -0.39 is 0 Å². The second kappa shape index (κ2) is 6.64. The summed E-state index contributed by atoms with van der Waals surface area (Å²) in [7, 11) is 0. The van der Waals surface area contributed by atoms with Crippen molar-refractivity contribution in [1.29, 1.82) is 0 Å². The number of ketones is 1. The van der Waals surface area contributed by atoms with Gasteiger partial charge >= 0.3 is 0 Å². The van der Waals surface area contributed by atoms with Gasteiger partial charge in [0, 0.05) is 0 Å². The fourth-order valence-electron chi connectivity index (χ4n) is 1.11. The first-order chi connectivity index (χ1) is 6.07. The number of hydrogen-bond donors (Lipinski definition) is 0. The SMILES string of the molecule is CC/C=C(\C)CC/C=C(\C)C(C)=O. The van der Waals surface area contributed by atoms with Gasteiger partial charge < -0.3 is 0 Å². The Morgan fingerprint density at radius 1 is 1.15 bits per heavy atom. The summed E-state index contributed by atoms with van der Waals surface area (Å²) in [4.78, 5) is 10.9. The van der Waals surface area contributed by atoms with E-state index in [2.05, 4.69) is 19.9 Å². The largest absolute Gasteiger partial charge is 0.295 e. The molecule has 0 saturated carbocycles. The van der Waals surface area contributed by atoms with Crippen molar-refractivity contribution in [2.45, 2.75) is 47.0 Å². The third-order valence-electron chi connectivity index (χ3n) is 2.10.